The molecule has 1 aromatic rings. The second-order valence-corrected chi connectivity index (χ2v) is 5.69. The van der Waals surface area contributed by atoms with E-state index in [2.05, 4.69) is 5.32 Å². The van der Waals surface area contributed by atoms with Gasteiger partial charge in [-0.25, -0.2) is 9.18 Å². The first-order valence-electron chi connectivity index (χ1n) is 6.09. The SMILES string of the molecule is CC(C)(C)OC(=O)NC1(c2ccccc2F)CC1. The lowest BCUT2D eigenvalue weighted by atomic mass is 10.0. The van der Waals surface area contributed by atoms with Crippen LogP contribution in [0.2, 0.25) is 0 Å². The highest BCUT2D eigenvalue weighted by Gasteiger charge is 2.48. The molecule has 0 heterocycles. The molecule has 0 spiro atoms. The van der Waals surface area contributed by atoms with Crippen LogP contribution in [0.5, 0.6) is 0 Å². The summed E-state index contributed by atoms with van der Waals surface area (Å²) in [6.07, 6.45) is 0.989. The number of carbonyl (C=O) groups is 1. The average molecular weight is 251 g/mol. The third-order valence-corrected chi connectivity index (χ3v) is 2.88. The van der Waals surface area contributed by atoms with Gasteiger partial charge in [-0.1, -0.05) is 18.2 Å². The highest BCUT2D eigenvalue weighted by Crippen LogP contribution is 2.46. The molecular formula is C14H18FNO2. The number of nitrogens with one attached hydrogen (secondary N) is 1. The second-order valence-electron chi connectivity index (χ2n) is 5.69. The molecular weight excluding hydrogens is 233 g/mol. The first kappa shape index (κ1) is 12.9. The maximum absolute atomic E-state index is 13.7. The van der Waals surface area contributed by atoms with Crippen molar-refractivity contribution in [2.45, 2.75) is 44.8 Å². The van der Waals surface area contributed by atoms with Crippen molar-refractivity contribution in [3.8, 4) is 0 Å². The van der Waals surface area contributed by atoms with Crippen molar-refractivity contribution in [3.63, 3.8) is 0 Å². The largest absolute Gasteiger partial charge is 0.444 e. The molecule has 1 fully saturated rings. The monoisotopic (exact) mass is 251 g/mol. The summed E-state index contributed by atoms with van der Waals surface area (Å²) in [5, 5.41) is 2.78. The third-order valence-electron chi connectivity index (χ3n) is 2.88. The van der Waals surface area contributed by atoms with Gasteiger partial charge in [0.1, 0.15) is 11.4 Å². The Labute approximate surface area is 106 Å². The topological polar surface area (TPSA) is 38.3 Å². The zero-order chi connectivity index (χ0) is 13.4. The van der Waals surface area contributed by atoms with Crippen molar-refractivity contribution in [1.29, 1.82) is 0 Å². The summed E-state index contributed by atoms with van der Waals surface area (Å²) in [7, 11) is 0. The van der Waals surface area contributed by atoms with Crippen molar-refractivity contribution in [3.05, 3.63) is 35.6 Å². The van der Waals surface area contributed by atoms with Crippen molar-refractivity contribution < 1.29 is 13.9 Å². The molecule has 98 valence electrons. The molecule has 4 heteroatoms. The predicted molar refractivity (Wildman–Crippen MR) is 66.7 cm³/mol. The van der Waals surface area contributed by atoms with E-state index < -0.39 is 17.2 Å². The summed E-state index contributed by atoms with van der Waals surface area (Å²) in [5.74, 6) is -0.286. The van der Waals surface area contributed by atoms with Gasteiger partial charge >= 0.3 is 6.09 Å². The molecule has 1 amide bonds. The van der Waals surface area contributed by atoms with E-state index in [4.69, 9.17) is 4.74 Å². The number of hydrogen-bond acceptors (Lipinski definition) is 2. The lowest BCUT2D eigenvalue weighted by Gasteiger charge is -2.23. The van der Waals surface area contributed by atoms with Crippen LogP contribution in [0.25, 0.3) is 0 Å². The van der Waals surface area contributed by atoms with Gasteiger partial charge in [-0.2, -0.15) is 0 Å². The maximum atomic E-state index is 13.7. The fourth-order valence-electron chi connectivity index (χ4n) is 1.93. The zero-order valence-electron chi connectivity index (χ0n) is 10.9. The minimum absolute atomic E-state index is 0.286. The molecule has 0 bridgehead atoms. The number of benzene rings is 1. The van der Waals surface area contributed by atoms with E-state index in [9.17, 15) is 9.18 Å². The Morgan fingerprint density at radius 3 is 2.44 bits per heavy atom. The second kappa shape index (κ2) is 4.26. The van der Waals surface area contributed by atoms with Crippen LogP contribution < -0.4 is 5.32 Å². The molecule has 18 heavy (non-hydrogen) atoms. The molecule has 0 atom stereocenters. The number of ether oxygens (including phenoxy) is 1. The summed E-state index contributed by atoms with van der Waals surface area (Å²) < 4.78 is 18.9. The van der Waals surface area contributed by atoms with Gasteiger partial charge in [-0.05, 0) is 39.7 Å². The highest BCUT2D eigenvalue weighted by molar-refractivity contribution is 5.70. The van der Waals surface area contributed by atoms with Crippen molar-refractivity contribution in [2.24, 2.45) is 0 Å². The van der Waals surface area contributed by atoms with Gasteiger partial charge < -0.3 is 10.1 Å². The predicted octanol–water partition coefficient (Wildman–Crippen LogP) is 3.34. The van der Waals surface area contributed by atoms with Gasteiger partial charge in [-0.15, -0.1) is 0 Å². The van der Waals surface area contributed by atoms with Crippen molar-refractivity contribution in [2.75, 3.05) is 0 Å². The summed E-state index contributed by atoms with van der Waals surface area (Å²) in [6.45, 7) is 5.40. The Bertz CT molecular complexity index is 461. The van der Waals surface area contributed by atoms with Gasteiger partial charge in [0.15, 0.2) is 0 Å². The van der Waals surface area contributed by atoms with Crippen LogP contribution in [0.15, 0.2) is 24.3 Å². The first-order chi connectivity index (χ1) is 8.32. The molecule has 2 rings (SSSR count). The summed E-state index contributed by atoms with van der Waals surface area (Å²) in [5.41, 5.74) is -0.584. The Morgan fingerprint density at radius 2 is 1.94 bits per heavy atom. The zero-order valence-corrected chi connectivity index (χ0v) is 10.9. The van der Waals surface area contributed by atoms with E-state index >= 15 is 0 Å². The minimum atomic E-state index is -0.576. The van der Waals surface area contributed by atoms with Crippen LogP contribution in [-0.4, -0.2) is 11.7 Å². The van der Waals surface area contributed by atoms with Crippen molar-refractivity contribution >= 4 is 6.09 Å². The van der Waals surface area contributed by atoms with Crippen LogP contribution in [-0.2, 0) is 10.3 Å². The van der Waals surface area contributed by atoms with Crippen LogP contribution in [0.1, 0.15) is 39.2 Å². The standard InChI is InChI=1S/C14H18FNO2/c1-13(2,3)18-12(17)16-14(8-9-14)10-6-4-5-7-11(10)15/h4-7H,8-9H2,1-3H3,(H,16,17). The van der Waals surface area contributed by atoms with E-state index in [1.165, 1.54) is 6.07 Å². The van der Waals surface area contributed by atoms with Gasteiger partial charge in [0.05, 0.1) is 5.54 Å². The molecule has 1 aromatic carbocycles. The summed E-state index contributed by atoms with van der Waals surface area (Å²) in [4.78, 5) is 11.7. The van der Waals surface area contributed by atoms with Crippen LogP contribution in [0.3, 0.4) is 0 Å². The Hall–Kier alpha value is -1.58. The molecule has 1 saturated carbocycles. The molecule has 0 radical (unpaired) electrons. The van der Waals surface area contributed by atoms with Gasteiger partial charge in [0.2, 0.25) is 0 Å². The first-order valence-corrected chi connectivity index (χ1v) is 6.09. The third kappa shape index (κ3) is 2.81. The van der Waals surface area contributed by atoms with E-state index in [1.807, 2.05) is 0 Å². The van der Waals surface area contributed by atoms with E-state index in [-0.39, 0.29) is 5.82 Å². The summed E-state index contributed by atoms with van der Waals surface area (Å²) >= 11 is 0. The quantitative estimate of drug-likeness (QED) is 0.875. The molecule has 0 aromatic heterocycles. The van der Waals surface area contributed by atoms with Crippen LogP contribution in [0, 0.1) is 5.82 Å². The maximum Gasteiger partial charge on any atom is 0.408 e. The van der Waals surface area contributed by atoms with E-state index in [0.717, 1.165) is 12.8 Å². The van der Waals surface area contributed by atoms with E-state index in [1.54, 1.807) is 39.0 Å². The van der Waals surface area contributed by atoms with Gasteiger partial charge in [0, 0.05) is 5.56 Å². The number of rotatable bonds is 2. The summed E-state index contributed by atoms with van der Waals surface area (Å²) in [6, 6.07) is 6.53. The molecule has 0 saturated heterocycles. The Morgan fingerprint density at radius 1 is 1.33 bits per heavy atom. The van der Waals surface area contributed by atoms with Gasteiger partial charge in [-0.3, -0.25) is 0 Å². The molecule has 1 N–H and O–H groups in total. The molecule has 1 aliphatic rings. The fourth-order valence-corrected chi connectivity index (χ4v) is 1.93. The Balaban J connectivity index is 2.10. The number of amides is 1. The molecule has 0 aliphatic heterocycles. The van der Waals surface area contributed by atoms with Crippen molar-refractivity contribution in [1.82, 2.24) is 5.32 Å². The fraction of sp³-hybridized carbons (Fsp3) is 0.500. The normalized spacial score (nSPS) is 17.1. The van der Waals surface area contributed by atoms with Crippen LogP contribution in [0.4, 0.5) is 9.18 Å². The molecule has 3 nitrogen and oxygen atoms in total. The van der Waals surface area contributed by atoms with Crippen LogP contribution >= 0.6 is 0 Å². The Kier molecular flexibility index (Phi) is 3.05. The number of carbonyl (C=O) groups excluding carboxylic acids is 1. The molecule has 0 unspecified atom stereocenters. The lowest BCUT2D eigenvalue weighted by molar-refractivity contribution is 0.0494. The molecule has 1 aliphatic carbocycles. The number of alkyl carbamates (subject to hydrolysis) is 1. The minimum Gasteiger partial charge on any atom is -0.444 e. The number of halogens is 1. The smallest absolute Gasteiger partial charge is 0.408 e. The highest BCUT2D eigenvalue weighted by atomic mass is 19.1. The average Bonchev–Trinajstić information content (AvgIpc) is 2.96. The van der Waals surface area contributed by atoms with E-state index in [0.29, 0.717) is 5.56 Å². The van der Waals surface area contributed by atoms with Gasteiger partial charge in [0.25, 0.3) is 0 Å². The lowest BCUT2D eigenvalue weighted by Crippen LogP contribution is -2.39. The number of hydrogen-bond donors (Lipinski definition) is 1.